The summed E-state index contributed by atoms with van der Waals surface area (Å²) in [6.45, 7) is 0. The van der Waals surface area contributed by atoms with E-state index in [1.165, 1.54) is 5.56 Å². The maximum atomic E-state index is 5.05. The predicted molar refractivity (Wildman–Crippen MR) is 202 cm³/mol. The Morgan fingerprint density at radius 2 is 0.700 bits per heavy atom. The normalized spacial score (nSPS) is 11.0. The largest absolute Gasteiger partial charge is 0.228 e. The minimum absolute atomic E-state index is 0.663. The summed E-state index contributed by atoms with van der Waals surface area (Å²) in [6, 6.07) is 60.0. The average Bonchev–Trinajstić information content (AvgIpc) is 3.21. The van der Waals surface area contributed by atoms with Gasteiger partial charge in [-0.3, -0.25) is 0 Å². The molecule has 0 amide bonds. The molecule has 6 aromatic carbocycles. The van der Waals surface area contributed by atoms with E-state index in [-0.39, 0.29) is 0 Å². The van der Waals surface area contributed by atoms with Gasteiger partial charge >= 0.3 is 0 Å². The number of benzene rings is 6. The summed E-state index contributed by atoms with van der Waals surface area (Å²) < 4.78 is 0. The molecule has 0 unspecified atom stereocenters. The molecule has 8 aromatic rings. The monoisotopic (exact) mass is 643 g/mol. The molecule has 238 valence electrons. The van der Waals surface area contributed by atoms with Gasteiger partial charge in [0.15, 0.2) is 17.5 Å². The lowest BCUT2D eigenvalue weighted by Crippen LogP contribution is -2.04. The smallest absolute Gasteiger partial charge is 0.163 e. The highest BCUT2D eigenvalue weighted by Gasteiger charge is 2.14. The highest BCUT2D eigenvalue weighted by atomic mass is 15.0. The third-order valence-corrected chi connectivity index (χ3v) is 8.63. The first-order chi connectivity index (χ1) is 24.7. The first-order valence-corrected chi connectivity index (χ1v) is 16.8. The number of aryl methyl sites for hydroxylation is 2. The molecular weight excluding hydrogens is 611 g/mol. The van der Waals surface area contributed by atoms with Gasteiger partial charge in [0.2, 0.25) is 0 Å². The van der Waals surface area contributed by atoms with Crippen molar-refractivity contribution < 1.29 is 0 Å². The van der Waals surface area contributed by atoms with Gasteiger partial charge in [-0.25, -0.2) is 24.9 Å². The van der Waals surface area contributed by atoms with Gasteiger partial charge in [0, 0.05) is 34.2 Å². The third-order valence-electron chi connectivity index (χ3n) is 8.63. The topological polar surface area (TPSA) is 64.5 Å². The van der Waals surface area contributed by atoms with Gasteiger partial charge in [0.1, 0.15) is 5.82 Å². The lowest BCUT2D eigenvalue weighted by molar-refractivity contribution is 0.844. The molecule has 2 heterocycles. The molecule has 0 saturated carbocycles. The fourth-order valence-corrected chi connectivity index (χ4v) is 6.04. The van der Waals surface area contributed by atoms with Crippen molar-refractivity contribution in [2.24, 2.45) is 0 Å². The molecule has 0 spiro atoms. The predicted octanol–water partition coefficient (Wildman–Crippen LogP) is 10.4. The van der Waals surface area contributed by atoms with Crippen molar-refractivity contribution in [3.63, 3.8) is 0 Å². The minimum atomic E-state index is 0.663. The highest BCUT2D eigenvalue weighted by Crippen LogP contribution is 2.32. The van der Waals surface area contributed by atoms with Crippen LogP contribution >= 0.6 is 0 Å². The molecule has 0 radical (unpaired) electrons. The zero-order valence-electron chi connectivity index (χ0n) is 27.4. The maximum Gasteiger partial charge on any atom is 0.163 e. The maximum absolute atomic E-state index is 5.05. The van der Waals surface area contributed by atoms with Crippen LogP contribution in [0.1, 0.15) is 11.4 Å². The van der Waals surface area contributed by atoms with E-state index in [9.17, 15) is 0 Å². The van der Waals surface area contributed by atoms with Crippen molar-refractivity contribution in [3.8, 4) is 67.8 Å². The van der Waals surface area contributed by atoms with Crippen LogP contribution in [0.25, 0.3) is 67.8 Å². The Kier molecular flexibility index (Phi) is 8.76. The zero-order chi connectivity index (χ0) is 33.5. The van der Waals surface area contributed by atoms with Crippen LogP contribution in [0.4, 0.5) is 0 Å². The lowest BCUT2D eigenvalue weighted by atomic mass is 9.99. The Morgan fingerprint density at radius 1 is 0.280 bits per heavy atom. The standard InChI is InChI=1S/C45H33N5/c1-5-15-32(16-6-1)27-28-42-48-44(35-21-11-4-12-22-35)50-45(49-42)39-26-14-24-37(30-39)36-23-13-25-38(29-36)41-31-40(33-17-7-2-8-18-33)46-43(47-41)34-19-9-3-10-20-34/h1-26,29-31H,27-28H2. The molecule has 50 heavy (non-hydrogen) atoms. The van der Waals surface area contributed by atoms with Crippen LogP contribution in [-0.4, -0.2) is 24.9 Å². The van der Waals surface area contributed by atoms with Crippen molar-refractivity contribution >= 4 is 0 Å². The molecular formula is C45H33N5. The molecule has 0 fully saturated rings. The number of aromatic nitrogens is 5. The van der Waals surface area contributed by atoms with E-state index in [1.807, 2.05) is 84.9 Å². The van der Waals surface area contributed by atoms with Gasteiger partial charge in [-0.05, 0) is 41.3 Å². The number of hydrogen-bond donors (Lipinski definition) is 0. The summed E-state index contributed by atoms with van der Waals surface area (Å²) in [7, 11) is 0. The molecule has 2 aromatic heterocycles. The molecule has 0 aliphatic carbocycles. The molecule has 0 atom stereocenters. The van der Waals surface area contributed by atoms with E-state index in [1.54, 1.807) is 0 Å². The van der Waals surface area contributed by atoms with Crippen LogP contribution in [0.5, 0.6) is 0 Å². The molecule has 0 N–H and O–H groups in total. The summed E-state index contributed by atoms with van der Waals surface area (Å²) in [5.41, 5.74) is 10.1. The molecule has 8 rings (SSSR count). The average molecular weight is 644 g/mol. The SMILES string of the molecule is c1ccc(CCc2nc(-c3ccccc3)nc(-c3cccc(-c4cccc(-c5cc(-c6ccccc6)nc(-c6ccccc6)n5)c4)c3)n2)cc1. The van der Waals surface area contributed by atoms with Crippen molar-refractivity contribution in [2.75, 3.05) is 0 Å². The van der Waals surface area contributed by atoms with Crippen LogP contribution in [0, 0.1) is 0 Å². The second-order valence-corrected chi connectivity index (χ2v) is 12.1. The van der Waals surface area contributed by atoms with Crippen molar-refractivity contribution in [1.82, 2.24) is 24.9 Å². The Bertz CT molecular complexity index is 2300. The van der Waals surface area contributed by atoms with Crippen molar-refractivity contribution in [2.45, 2.75) is 12.8 Å². The highest BCUT2D eigenvalue weighted by molar-refractivity contribution is 5.77. The van der Waals surface area contributed by atoms with Gasteiger partial charge in [-0.2, -0.15) is 0 Å². The van der Waals surface area contributed by atoms with Crippen LogP contribution < -0.4 is 0 Å². The van der Waals surface area contributed by atoms with E-state index in [0.29, 0.717) is 17.5 Å². The summed E-state index contributed by atoms with van der Waals surface area (Å²) in [6.07, 6.45) is 1.57. The summed E-state index contributed by atoms with van der Waals surface area (Å²) in [5.74, 6) is 2.81. The Labute approximate surface area is 292 Å². The second-order valence-electron chi connectivity index (χ2n) is 12.1. The Morgan fingerprint density at radius 3 is 1.30 bits per heavy atom. The Hall–Kier alpha value is -6.59. The van der Waals surface area contributed by atoms with E-state index >= 15 is 0 Å². The van der Waals surface area contributed by atoms with Gasteiger partial charge < -0.3 is 0 Å². The van der Waals surface area contributed by atoms with E-state index in [2.05, 4.69) is 91.0 Å². The van der Waals surface area contributed by atoms with E-state index < -0.39 is 0 Å². The fourth-order valence-electron chi connectivity index (χ4n) is 6.04. The van der Waals surface area contributed by atoms with Crippen LogP contribution in [0.15, 0.2) is 176 Å². The summed E-state index contributed by atoms with van der Waals surface area (Å²) in [5, 5.41) is 0. The molecule has 0 saturated heterocycles. The van der Waals surface area contributed by atoms with E-state index in [0.717, 1.165) is 69.0 Å². The minimum Gasteiger partial charge on any atom is -0.228 e. The van der Waals surface area contributed by atoms with Gasteiger partial charge in [-0.1, -0.05) is 158 Å². The number of rotatable bonds is 9. The molecule has 5 nitrogen and oxygen atoms in total. The second kappa shape index (κ2) is 14.3. The molecule has 0 aliphatic heterocycles. The molecule has 0 aliphatic rings. The van der Waals surface area contributed by atoms with Gasteiger partial charge in [0.05, 0.1) is 11.4 Å². The van der Waals surface area contributed by atoms with Gasteiger partial charge in [-0.15, -0.1) is 0 Å². The van der Waals surface area contributed by atoms with Crippen molar-refractivity contribution in [1.29, 1.82) is 0 Å². The quantitative estimate of drug-likeness (QED) is 0.157. The third kappa shape index (κ3) is 6.98. The first-order valence-electron chi connectivity index (χ1n) is 16.8. The number of nitrogens with zero attached hydrogens (tertiary/aromatic N) is 5. The summed E-state index contributed by atoms with van der Waals surface area (Å²) in [4.78, 5) is 24.9. The molecule has 0 bridgehead atoms. The first kappa shape index (κ1) is 30.7. The van der Waals surface area contributed by atoms with Gasteiger partial charge in [0.25, 0.3) is 0 Å². The number of hydrogen-bond acceptors (Lipinski definition) is 5. The fraction of sp³-hybridized carbons (Fsp3) is 0.0444. The lowest BCUT2D eigenvalue weighted by Gasteiger charge is -2.11. The summed E-state index contributed by atoms with van der Waals surface area (Å²) >= 11 is 0. The van der Waals surface area contributed by atoms with Crippen LogP contribution in [-0.2, 0) is 12.8 Å². The Balaban J connectivity index is 1.16. The molecule has 5 heteroatoms. The van der Waals surface area contributed by atoms with E-state index in [4.69, 9.17) is 24.9 Å². The van der Waals surface area contributed by atoms with Crippen molar-refractivity contribution in [3.05, 3.63) is 187 Å². The zero-order valence-corrected chi connectivity index (χ0v) is 27.4. The van der Waals surface area contributed by atoms with Crippen LogP contribution in [0.2, 0.25) is 0 Å². The van der Waals surface area contributed by atoms with Crippen LogP contribution in [0.3, 0.4) is 0 Å².